The summed E-state index contributed by atoms with van der Waals surface area (Å²) in [5, 5.41) is 2.35. The smallest absolute Gasteiger partial charge is 0.256 e. The summed E-state index contributed by atoms with van der Waals surface area (Å²) in [7, 11) is 0. The number of fused-ring (bicyclic) bond motifs is 11. The van der Waals surface area contributed by atoms with E-state index in [1.807, 2.05) is 0 Å². The molecule has 1 aromatic heterocycles. The lowest BCUT2D eigenvalue weighted by molar-refractivity contribution is 0.487. The molecule has 0 aliphatic carbocycles. The fourth-order valence-electron chi connectivity index (χ4n) is 14.3. The average Bonchev–Trinajstić information content (AvgIpc) is 1.88. The molecule has 5 nitrogen and oxygen atoms in total. The molecular formula is C78H49B2N3O2. The number of ether oxygens (including phenoxy) is 2. The Kier molecular flexibility index (Phi) is 10.5. The van der Waals surface area contributed by atoms with Crippen molar-refractivity contribution < 1.29 is 9.47 Å². The Morgan fingerprint density at radius 3 is 1.00 bits per heavy atom. The molecule has 0 fully saturated rings. The van der Waals surface area contributed by atoms with Gasteiger partial charge in [-0.15, -0.1) is 0 Å². The van der Waals surface area contributed by atoms with Crippen LogP contribution in [0.25, 0.3) is 72.0 Å². The largest absolute Gasteiger partial charge is 0.458 e. The third kappa shape index (κ3) is 7.40. The van der Waals surface area contributed by atoms with Crippen LogP contribution in [0.15, 0.2) is 297 Å². The van der Waals surface area contributed by atoms with Crippen LogP contribution in [0.2, 0.25) is 0 Å². The normalized spacial score (nSPS) is 13.0. The van der Waals surface area contributed by atoms with Gasteiger partial charge >= 0.3 is 0 Å². The number of benzene rings is 13. The van der Waals surface area contributed by atoms with Gasteiger partial charge in [0.1, 0.15) is 23.0 Å². The standard InChI is InChI=1S/C78H49B2N3O2/c1-6-20-50(21-7-1)54-28-16-32-59(42-54)82-67-34-18-36-73-77(67)79(63-40-38-56(44-75(63)84-73)52-24-10-3-11-25-52)65-46-61-62-47-66-72(49-70(62)81(69(61)48-71(65)82)58-30-14-5-15-31-58)83(60-33-17-29-55(43-60)51-22-8-2-9-23-51)68-35-19-37-74-78(68)80(66)64-41-39-57(45-76(64)85-74)53-26-12-4-13-27-53/h1-49H. The van der Waals surface area contributed by atoms with Crippen molar-refractivity contribution in [1.29, 1.82) is 0 Å². The summed E-state index contributed by atoms with van der Waals surface area (Å²) in [4.78, 5) is 4.98. The van der Waals surface area contributed by atoms with Gasteiger partial charge < -0.3 is 23.8 Å². The second-order valence-electron chi connectivity index (χ2n) is 22.7. The lowest BCUT2D eigenvalue weighted by Crippen LogP contribution is -2.59. The summed E-state index contributed by atoms with van der Waals surface area (Å²) >= 11 is 0. The topological polar surface area (TPSA) is 29.9 Å². The molecule has 18 rings (SSSR count). The molecule has 0 unspecified atom stereocenters. The van der Waals surface area contributed by atoms with E-state index < -0.39 is 0 Å². The van der Waals surface area contributed by atoms with Gasteiger partial charge in [-0.2, -0.15) is 0 Å². The van der Waals surface area contributed by atoms with Crippen LogP contribution in [0.1, 0.15) is 0 Å². The molecule has 0 spiro atoms. The van der Waals surface area contributed by atoms with E-state index in [0.717, 1.165) is 129 Å². The molecule has 4 aliphatic rings. The van der Waals surface area contributed by atoms with Crippen LogP contribution >= 0.6 is 0 Å². The zero-order chi connectivity index (χ0) is 55.7. The Bertz CT molecular complexity index is 4740. The average molecular weight is 1080 g/mol. The molecule has 13 aromatic carbocycles. The van der Waals surface area contributed by atoms with Crippen LogP contribution in [-0.4, -0.2) is 18.0 Å². The van der Waals surface area contributed by atoms with Gasteiger partial charge in [-0.3, -0.25) is 0 Å². The quantitative estimate of drug-likeness (QED) is 0.149. The fourth-order valence-corrected chi connectivity index (χ4v) is 14.3. The van der Waals surface area contributed by atoms with E-state index in [0.29, 0.717) is 0 Å². The van der Waals surface area contributed by atoms with Crippen LogP contribution in [0.4, 0.5) is 34.1 Å². The van der Waals surface area contributed by atoms with Crippen molar-refractivity contribution in [2.45, 2.75) is 0 Å². The van der Waals surface area contributed by atoms with E-state index in [9.17, 15) is 0 Å². The van der Waals surface area contributed by atoms with E-state index in [1.165, 1.54) is 32.8 Å². The van der Waals surface area contributed by atoms with Crippen molar-refractivity contribution in [2.24, 2.45) is 0 Å². The van der Waals surface area contributed by atoms with E-state index in [4.69, 9.17) is 9.47 Å². The molecule has 85 heavy (non-hydrogen) atoms. The zero-order valence-electron chi connectivity index (χ0n) is 46.1. The summed E-state index contributed by atoms with van der Waals surface area (Å²) < 4.78 is 16.8. The van der Waals surface area contributed by atoms with Crippen LogP contribution in [-0.2, 0) is 0 Å². The first-order valence-electron chi connectivity index (χ1n) is 29.3. The van der Waals surface area contributed by atoms with Crippen molar-refractivity contribution in [2.75, 3.05) is 9.80 Å². The van der Waals surface area contributed by atoms with E-state index in [1.54, 1.807) is 0 Å². The summed E-state index contributed by atoms with van der Waals surface area (Å²) in [5.41, 5.74) is 26.2. The minimum atomic E-state index is -0.136. The van der Waals surface area contributed by atoms with Crippen molar-refractivity contribution in [3.63, 3.8) is 0 Å². The molecule has 4 aliphatic heterocycles. The van der Waals surface area contributed by atoms with Crippen molar-refractivity contribution in [1.82, 2.24) is 4.57 Å². The summed E-state index contributed by atoms with van der Waals surface area (Å²) in [5.74, 6) is 3.50. The molecule has 14 aromatic rings. The van der Waals surface area contributed by atoms with Crippen molar-refractivity contribution in [3.8, 4) is 73.2 Å². The number of anilines is 6. The Hall–Kier alpha value is -11.0. The Labute approximate surface area is 493 Å². The zero-order valence-corrected chi connectivity index (χ0v) is 46.1. The Morgan fingerprint density at radius 1 is 0.235 bits per heavy atom. The predicted octanol–water partition coefficient (Wildman–Crippen LogP) is 16.3. The first kappa shape index (κ1) is 47.6. The van der Waals surface area contributed by atoms with Gasteiger partial charge in [0.25, 0.3) is 13.4 Å². The van der Waals surface area contributed by atoms with E-state index in [-0.39, 0.29) is 13.4 Å². The fraction of sp³-hybridized carbons (Fsp3) is 0. The first-order valence-corrected chi connectivity index (χ1v) is 29.3. The molecule has 0 N–H and O–H groups in total. The molecule has 0 saturated carbocycles. The molecular weight excluding hydrogens is 1030 g/mol. The highest BCUT2D eigenvalue weighted by molar-refractivity contribution is 7.00. The number of hydrogen-bond donors (Lipinski definition) is 0. The second kappa shape index (κ2) is 18.8. The van der Waals surface area contributed by atoms with Gasteiger partial charge in [0, 0.05) is 50.6 Å². The van der Waals surface area contributed by atoms with Crippen molar-refractivity contribution >= 4 is 102 Å². The highest BCUT2D eigenvalue weighted by Crippen LogP contribution is 2.48. The van der Waals surface area contributed by atoms with Gasteiger partial charge in [-0.25, -0.2) is 0 Å². The molecule has 394 valence electrons. The summed E-state index contributed by atoms with van der Waals surface area (Å²) in [6.07, 6.45) is 0. The van der Waals surface area contributed by atoms with Gasteiger partial charge in [0.15, 0.2) is 0 Å². The Morgan fingerprint density at radius 2 is 0.588 bits per heavy atom. The lowest BCUT2D eigenvalue weighted by Gasteiger charge is -2.40. The highest BCUT2D eigenvalue weighted by atomic mass is 16.5. The van der Waals surface area contributed by atoms with Crippen LogP contribution in [0.5, 0.6) is 23.0 Å². The van der Waals surface area contributed by atoms with Crippen LogP contribution in [0.3, 0.4) is 0 Å². The third-order valence-electron chi connectivity index (χ3n) is 18.1. The minimum absolute atomic E-state index is 0.136. The molecule has 0 atom stereocenters. The van der Waals surface area contributed by atoms with Crippen LogP contribution < -0.4 is 52.1 Å². The number of hydrogen-bond acceptors (Lipinski definition) is 4. The summed E-state index contributed by atoms with van der Waals surface area (Å²) in [6.45, 7) is -0.271. The maximum atomic E-state index is 7.12. The first-order chi connectivity index (χ1) is 42.1. The third-order valence-corrected chi connectivity index (χ3v) is 18.1. The number of nitrogens with zero attached hydrogens (tertiary/aromatic N) is 3. The van der Waals surface area contributed by atoms with Crippen molar-refractivity contribution in [3.05, 3.63) is 297 Å². The predicted molar refractivity (Wildman–Crippen MR) is 354 cm³/mol. The van der Waals surface area contributed by atoms with E-state index in [2.05, 4.69) is 312 Å². The van der Waals surface area contributed by atoms with Gasteiger partial charge in [-0.05, 0) is 162 Å². The lowest BCUT2D eigenvalue weighted by atomic mass is 9.34. The highest BCUT2D eigenvalue weighted by Gasteiger charge is 2.45. The molecule has 5 heterocycles. The second-order valence-corrected chi connectivity index (χ2v) is 22.7. The Balaban J connectivity index is 0.932. The molecule has 0 bridgehead atoms. The summed E-state index contributed by atoms with van der Waals surface area (Å²) in [6, 6.07) is 108. The number of rotatable bonds is 7. The SMILES string of the molecule is c1ccc(-c2cccc(N3c4cc5c(cc4B4c6ccc(-c7ccccc7)cc6Oc6cccc3c64)c3cc4c(cc3n5-c3ccccc3)N(c3cccc(-c5ccccc5)c3)c3cccc5c3B4c3ccc(-c4ccccc4)cc3O5)c2)cc1. The minimum Gasteiger partial charge on any atom is -0.458 e. The molecule has 7 heteroatoms. The molecule has 0 amide bonds. The number of aromatic nitrogens is 1. The van der Waals surface area contributed by atoms with Crippen LogP contribution in [0, 0.1) is 0 Å². The van der Waals surface area contributed by atoms with Gasteiger partial charge in [0.2, 0.25) is 0 Å². The maximum absolute atomic E-state index is 7.12. The van der Waals surface area contributed by atoms with E-state index >= 15 is 0 Å². The molecule has 0 saturated heterocycles. The van der Waals surface area contributed by atoms with Gasteiger partial charge in [-0.1, -0.05) is 212 Å². The van der Waals surface area contributed by atoms with Gasteiger partial charge in [0.05, 0.1) is 11.0 Å². The monoisotopic (exact) mass is 1080 g/mol. The maximum Gasteiger partial charge on any atom is 0.256 e. The molecule has 0 radical (unpaired) electrons. The number of para-hydroxylation sites is 1.